The second-order valence-corrected chi connectivity index (χ2v) is 4.69. The van der Waals surface area contributed by atoms with E-state index in [1.54, 1.807) is 0 Å². The molecule has 0 spiro atoms. The summed E-state index contributed by atoms with van der Waals surface area (Å²) < 4.78 is 5.38. The molecule has 0 radical (unpaired) electrons. The van der Waals surface area contributed by atoms with Crippen molar-refractivity contribution in [1.29, 1.82) is 5.26 Å². The summed E-state index contributed by atoms with van der Waals surface area (Å²) in [5.41, 5.74) is 0. The second-order valence-electron chi connectivity index (χ2n) is 4.69. The van der Waals surface area contributed by atoms with Gasteiger partial charge in [0.25, 0.3) is 0 Å². The highest BCUT2D eigenvalue weighted by Crippen LogP contribution is 2.24. The largest absolute Gasteiger partial charge is 0.381 e. The first-order valence-corrected chi connectivity index (χ1v) is 6.09. The number of rotatable bonds is 2. The first-order valence-electron chi connectivity index (χ1n) is 6.09. The number of piperidine rings is 1. The molecule has 0 amide bonds. The zero-order chi connectivity index (χ0) is 10.5. The van der Waals surface area contributed by atoms with Crippen LogP contribution in [-0.4, -0.2) is 37.2 Å². The molecule has 84 valence electrons. The van der Waals surface area contributed by atoms with Crippen molar-refractivity contribution in [2.45, 2.75) is 38.1 Å². The molecule has 0 bridgehead atoms. The highest BCUT2D eigenvalue weighted by Gasteiger charge is 2.26. The van der Waals surface area contributed by atoms with E-state index in [1.165, 1.54) is 38.8 Å². The van der Waals surface area contributed by atoms with Gasteiger partial charge >= 0.3 is 0 Å². The highest BCUT2D eigenvalue weighted by molar-refractivity contribution is 4.84. The van der Waals surface area contributed by atoms with E-state index < -0.39 is 0 Å². The van der Waals surface area contributed by atoms with Crippen LogP contribution in [0.2, 0.25) is 0 Å². The van der Waals surface area contributed by atoms with Gasteiger partial charge in [-0.1, -0.05) is 0 Å². The van der Waals surface area contributed by atoms with Gasteiger partial charge < -0.3 is 9.64 Å². The van der Waals surface area contributed by atoms with Gasteiger partial charge in [0.05, 0.1) is 6.07 Å². The molecule has 2 rings (SSSR count). The summed E-state index contributed by atoms with van der Waals surface area (Å²) in [5.74, 6) is 0.658. The summed E-state index contributed by atoms with van der Waals surface area (Å²) in [5, 5.41) is 8.65. The van der Waals surface area contributed by atoms with Gasteiger partial charge in [-0.2, -0.15) is 5.26 Å². The standard InChI is InChI=1S/C12H20N2O/c13-6-1-11-2-7-14(8-3-11)12-4-9-15-10-5-12/h11-12H,1-5,7-10H2. The Morgan fingerprint density at radius 3 is 2.40 bits per heavy atom. The Hall–Kier alpha value is -0.590. The Bertz CT molecular complexity index is 222. The van der Waals surface area contributed by atoms with Gasteiger partial charge in [-0.3, -0.25) is 0 Å². The van der Waals surface area contributed by atoms with Crippen molar-refractivity contribution in [3.8, 4) is 6.07 Å². The summed E-state index contributed by atoms with van der Waals surface area (Å²) in [4.78, 5) is 2.61. The molecule has 2 fully saturated rings. The van der Waals surface area contributed by atoms with Crippen molar-refractivity contribution < 1.29 is 4.74 Å². The zero-order valence-corrected chi connectivity index (χ0v) is 9.32. The first kappa shape index (κ1) is 10.9. The minimum absolute atomic E-state index is 0.658. The van der Waals surface area contributed by atoms with E-state index >= 15 is 0 Å². The van der Waals surface area contributed by atoms with Crippen molar-refractivity contribution in [3.63, 3.8) is 0 Å². The summed E-state index contributed by atoms with van der Waals surface area (Å²) >= 11 is 0. The molecule has 0 aliphatic carbocycles. The van der Waals surface area contributed by atoms with Crippen molar-refractivity contribution in [1.82, 2.24) is 4.90 Å². The molecule has 0 unspecified atom stereocenters. The maximum atomic E-state index is 8.65. The van der Waals surface area contributed by atoms with Crippen molar-refractivity contribution in [3.05, 3.63) is 0 Å². The first-order chi connectivity index (χ1) is 7.40. The van der Waals surface area contributed by atoms with E-state index in [-0.39, 0.29) is 0 Å². The molecule has 3 nitrogen and oxygen atoms in total. The molecule has 3 heteroatoms. The number of ether oxygens (including phenoxy) is 1. The third-order valence-corrected chi connectivity index (χ3v) is 3.74. The normalized spacial score (nSPS) is 26.3. The van der Waals surface area contributed by atoms with Gasteiger partial charge in [0.1, 0.15) is 0 Å². The third-order valence-electron chi connectivity index (χ3n) is 3.74. The van der Waals surface area contributed by atoms with Crippen LogP contribution in [0.5, 0.6) is 0 Å². The zero-order valence-electron chi connectivity index (χ0n) is 9.32. The van der Waals surface area contributed by atoms with Gasteiger partial charge in [0, 0.05) is 25.7 Å². The smallest absolute Gasteiger partial charge is 0.0624 e. The monoisotopic (exact) mass is 208 g/mol. The number of nitriles is 1. The molecule has 0 aromatic rings. The molecule has 0 atom stereocenters. The lowest BCUT2D eigenvalue weighted by atomic mass is 9.92. The van der Waals surface area contributed by atoms with E-state index in [0.29, 0.717) is 5.92 Å². The van der Waals surface area contributed by atoms with Crippen LogP contribution < -0.4 is 0 Å². The molecule has 2 aliphatic heterocycles. The lowest BCUT2D eigenvalue weighted by molar-refractivity contribution is 0.0214. The van der Waals surface area contributed by atoms with Crippen LogP contribution in [0.15, 0.2) is 0 Å². The average molecular weight is 208 g/mol. The molecule has 0 aromatic carbocycles. The Labute approximate surface area is 92.0 Å². The van der Waals surface area contributed by atoms with Gasteiger partial charge in [0.2, 0.25) is 0 Å². The molecule has 2 saturated heterocycles. The Kier molecular flexibility index (Phi) is 3.99. The highest BCUT2D eigenvalue weighted by atomic mass is 16.5. The maximum Gasteiger partial charge on any atom is 0.0624 e. The van der Waals surface area contributed by atoms with Crippen LogP contribution >= 0.6 is 0 Å². The van der Waals surface area contributed by atoms with Crippen LogP contribution in [0.4, 0.5) is 0 Å². The predicted molar refractivity (Wildman–Crippen MR) is 58.4 cm³/mol. The predicted octanol–water partition coefficient (Wildman–Crippen LogP) is 1.79. The SMILES string of the molecule is N#CCC1CCN(C2CCOCC2)CC1. The Morgan fingerprint density at radius 2 is 1.80 bits per heavy atom. The fraction of sp³-hybridized carbons (Fsp3) is 0.917. The molecular formula is C12H20N2O. The van der Waals surface area contributed by atoms with Crippen LogP contribution in [0.25, 0.3) is 0 Å². The second kappa shape index (κ2) is 5.48. The minimum atomic E-state index is 0.658. The Balaban J connectivity index is 1.75. The lowest BCUT2D eigenvalue weighted by Crippen LogP contribution is -2.44. The molecule has 2 aliphatic rings. The molecule has 0 N–H and O–H groups in total. The van der Waals surface area contributed by atoms with Crippen molar-refractivity contribution >= 4 is 0 Å². The summed E-state index contributed by atoms with van der Waals surface area (Å²) in [6, 6.07) is 3.04. The molecule has 0 aromatic heterocycles. The number of hydrogen-bond acceptors (Lipinski definition) is 3. The van der Waals surface area contributed by atoms with Gasteiger partial charge in [-0.15, -0.1) is 0 Å². The van der Waals surface area contributed by atoms with E-state index in [9.17, 15) is 0 Å². The van der Waals surface area contributed by atoms with Crippen molar-refractivity contribution in [2.24, 2.45) is 5.92 Å². The van der Waals surface area contributed by atoms with Gasteiger partial charge in [-0.05, 0) is 44.7 Å². The van der Waals surface area contributed by atoms with E-state index in [2.05, 4.69) is 11.0 Å². The number of nitrogens with zero attached hydrogens (tertiary/aromatic N) is 2. The lowest BCUT2D eigenvalue weighted by Gasteiger charge is -2.38. The fourth-order valence-corrected chi connectivity index (χ4v) is 2.70. The van der Waals surface area contributed by atoms with Crippen LogP contribution in [0.1, 0.15) is 32.1 Å². The topological polar surface area (TPSA) is 36.3 Å². The minimum Gasteiger partial charge on any atom is -0.381 e. The van der Waals surface area contributed by atoms with Crippen LogP contribution in [0.3, 0.4) is 0 Å². The van der Waals surface area contributed by atoms with E-state index in [1.807, 2.05) is 0 Å². The molecular weight excluding hydrogens is 188 g/mol. The van der Waals surface area contributed by atoms with Gasteiger partial charge in [0.15, 0.2) is 0 Å². The van der Waals surface area contributed by atoms with Crippen LogP contribution in [-0.2, 0) is 4.74 Å². The fourth-order valence-electron chi connectivity index (χ4n) is 2.70. The molecule has 15 heavy (non-hydrogen) atoms. The number of likely N-dealkylation sites (tertiary alicyclic amines) is 1. The number of hydrogen-bond donors (Lipinski definition) is 0. The summed E-state index contributed by atoms with van der Waals surface area (Å²) in [6.07, 6.45) is 5.57. The van der Waals surface area contributed by atoms with Crippen LogP contribution in [0, 0.1) is 17.2 Å². The summed E-state index contributed by atoms with van der Waals surface area (Å²) in [6.45, 7) is 4.25. The van der Waals surface area contributed by atoms with E-state index in [4.69, 9.17) is 10.00 Å². The maximum absolute atomic E-state index is 8.65. The quantitative estimate of drug-likeness (QED) is 0.694. The van der Waals surface area contributed by atoms with Gasteiger partial charge in [-0.25, -0.2) is 0 Å². The molecule has 0 saturated carbocycles. The van der Waals surface area contributed by atoms with Crippen molar-refractivity contribution in [2.75, 3.05) is 26.3 Å². The average Bonchev–Trinajstić information content (AvgIpc) is 2.32. The third kappa shape index (κ3) is 2.93. The van der Waals surface area contributed by atoms with E-state index in [0.717, 1.165) is 25.7 Å². The summed E-state index contributed by atoms with van der Waals surface area (Å²) in [7, 11) is 0. The Morgan fingerprint density at radius 1 is 1.13 bits per heavy atom. The molecule has 2 heterocycles.